The number of amides is 1. The van der Waals surface area contributed by atoms with Crippen molar-refractivity contribution >= 4 is 34.0 Å². The number of halogens is 1. The van der Waals surface area contributed by atoms with Crippen molar-refractivity contribution in [1.29, 1.82) is 0 Å². The molecule has 3 rings (SSSR count). The van der Waals surface area contributed by atoms with Crippen molar-refractivity contribution in [2.45, 2.75) is 6.92 Å². The fourth-order valence-corrected chi connectivity index (χ4v) is 2.56. The molecule has 0 aliphatic rings. The fourth-order valence-electron chi connectivity index (χ4n) is 2.45. The second-order valence-electron chi connectivity index (χ2n) is 4.95. The van der Waals surface area contributed by atoms with Gasteiger partial charge in [-0.05, 0) is 42.0 Å². The van der Waals surface area contributed by atoms with Gasteiger partial charge in [-0.2, -0.15) is 0 Å². The topological polar surface area (TPSA) is 33.2 Å². The monoisotopic (exact) mass is 310 g/mol. The lowest BCUT2D eigenvalue weighted by molar-refractivity contribution is 0.0988. The number of anilines is 1. The highest BCUT2D eigenvalue weighted by Gasteiger charge is 2.16. The lowest BCUT2D eigenvalue weighted by atomic mass is 10.1. The zero-order chi connectivity index (χ0) is 15.5. The summed E-state index contributed by atoms with van der Waals surface area (Å²) >= 11 is 5.78. The predicted molar refractivity (Wildman–Crippen MR) is 90.5 cm³/mol. The first-order chi connectivity index (χ1) is 10.7. The zero-order valence-corrected chi connectivity index (χ0v) is 12.9. The lowest BCUT2D eigenvalue weighted by Crippen LogP contribution is -2.30. The van der Waals surface area contributed by atoms with Crippen molar-refractivity contribution in [1.82, 2.24) is 4.98 Å². The number of aromatic nitrogens is 1. The molecule has 0 aliphatic heterocycles. The quantitative estimate of drug-likeness (QED) is 0.665. The first-order valence-corrected chi connectivity index (χ1v) is 7.49. The molecule has 1 aromatic heterocycles. The Hall–Kier alpha value is -2.39. The Morgan fingerprint density at radius 2 is 1.86 bits per heavy atom. The van der Waals surface area contributed by atoms with Crippen LogP contribution in [-0.4, -0.2) is 17.4 Å². The summed E-state index contributed by atoms with van der Waals surface area (Å²) in [6.45, 7) is 2.54. The third kappa shape index (κ3) is 2.81. The normalized spacial score (nSPS) is 10.6. The number of fused-ring (bicyclic) bond motifs is 1. The van der Waals surface area contributed by atoms with Gasteiger partial charge in [-0.3, -0.25) is 4.79 Å². The van der Waals surface area contributed by atoms with Crippen molar-refractivity contribution in [2.24, 2.45) is 0 Å². The van der Waals surface area contributed by atoms with Gasteiger partial charge in [0, 0.05) is 18.4 Å². The summed E-state index contributed by atoms with van der Waals surface area (Å²) in [6.07, 6.45) is 1.51. The van der Waals surface area contributed by atoms with Crippen molar-refractivity contribution in [3.63, 3.8) is 0 Å². The third-order valence-corrected chi connectivity index (χ3v) is 3.80. The summed E-state index contributed by atoms with van der Waals surface area (Å²) < 4.78 is 0. The number of pyridine rings is 1. The summed E-state index contributed by atoms with van der Waals surface area (Å²) in [6, 6.07) is 17.4. The number of rotatable bonds is 3. The summed E-state index contributed by atoms with van der Waals surface area (Å²) in [4.78, 5) is 18.4. The molecule has 1 heterocycles. The van der Waals surface area contributed by atoms with Gasteiger partial charge in [0.05, 0.1) is 5.56 Å². The molecule has 0 unspecified atom stereocenters. The van der Waals surface area contributed by atoms with Gasteiger partial charge >= 0.3 is 0 Å². The van der Waals surface area contributed by atoms with E-state index in [-0.39, 0.29) is 5.91 Å². The van der Waals surface area contributed by atoms with Crippen LogP contribution in [0.25, 0.3) is 10.8 Å². The van der Waals surface area contributed by atoms with Crippen LogP contribution in [0.5, 0.6) is 0 Å². The molecular weight excluding hydrogens is 296 g/mol. The fraction of sp³-hybridized carbons (Fsp3) is 0.111. The third-order valence-electron chi connectivity index (χ3n) is 3.58. The van der Waals surface area contributed by atoms with E-state index in [0.29, 0.717) is 17.3 Å². The van der Waals surface area contributed by atoms with Gasteiger partial charge < -0.3 is 4.90 Å². The van der Waals surface area contributed by atoms with Gasteiger partial charge in [0.2, 0.25) is 0 Å². The van der Waals surface area contributed by atoms with Crippen molar-refractivity contribution < 1.29 is 4.79 Å². The minimum atomic E-state index is -0.0815. The molecule has 1 amide bonds. The lowest BCUT2D eigenvalue weighted by Gasteiger charge is -2.21. The second kappa shape index (κ2) is 6.16. The smallest absolute Gasteiger partial charge is 0.259 e. The summed E-state index contributed by atoms with van der Waals surface area (Å²) in [5.41, 5.74) is 1.40. The first-order valence-electron chi connectivity index (χ1n) is 7.11. The Morgan fingerprint density at radius 1 is 1.09 bits per heavy atom. The Kier molecular flexibility index (Phi) is 4.07. The minimum absolute atomic E-state index is 0.0815. The van der Waals surface area contributed by atoms with E-state index in [0.717, 1.165) is 16.5 Å². The Labute approximate surface area is 134 Å². The van der Waals surface area contributed by atoms with Gasteiger partial charge in [-0.15, -0.1) is 0 Å². The van der Waals surface area contributed by atoms with Crippen LogP contribution in [0.15, 0.2) is 60.8 Å². The number of nitrogens with zero attached hydrogens (tertiary/aromatic N) is 2. The SMILES string of the molecule is CCN(C(=O)c1ccc(Cl)nc1)c1ccc2ccccc2c1. The Morgan fingerprint density at radius 3 is 2.55 bits per heavy atom. The summed E-state index contributed by atoms with van der Waals surface area (Å²) in [5, 5.41) is 2.65. The van der Waals surface area contributed by atoms with Crippen LogP contribution in [0.1, 0.15) is 17.3 Å². The maximum atomic E-state index is 12.7. The minimum Gasteiger partial charge on any atom is -0.309 e. The van der Waals surface area contributed by atoms with Crippen molar-refractivity contribution in [3.05, 3.63) is 71.5 Å². The van der Waals surface area contributed by atoms with Crippen molar-refractivity contribution in [2.75, 3.05) is 11.4 Å². The van der Waals surface area contributed by atoms with E-state index < -0.39 is 0 Å². The largest absolute Gasteiger partial charge is 0.309 e. The highest BCUT2D eigenvalue weighted by Crippen LogP contribution is 2.23. The second-order valence-corrected chi connectivity index (χ2v) is 5.34. The van der Waals surface area contributed by atoms with Crippen LogP contribution in [0, 0.1) is 0 Å². The Balaban J connectivity index is 1.98. The molecule has 0 spiro atoms. The molecule has 3 nitrogen and oxygen atoms in total. The zero-order valence-electron chi connectivity index (χ0n) is 12.2. The predicted octanol–water partition coefficient (Wildman–Crippen LogP) is 4.55. The van der Waals surface area contributed by atoms with Crippen LogP contribution < -0.4 is 4.90 Å². The van der Waals surface area contributed by atoms with Gasteiger partial charge in [0.25, 0.3) is 5.91 Å². The maximum Gasteiger partial charge on any atom is 0.259 e. The van der Waals surface area contributed by atoms with E-state index in [1.54, 1.807) is 17.0 Å². The van der Waals surface area contributed by atoms with E-state index in [1.807, 2.05) is 43.3 Å². The maximum absolute atomic E-state index is 12.7. The molecule has 110 valence electrons. The highest BCUT2D eigenvalue weighted by atomic mass is 35.5. The molecule has 0 bridgehead atoms. The van der Waals surface area contributed by atoms with Crippen LogP contribution in [0.2, 0.25) is 5.15 Å². The number of benzene rings is 2. The summed E-state index contributed by atoms with van der Waals surface area (Å²) in [5.74, 6) is -0.0815. The van der Waals surface area contributed by atoms with Crippen LogP contribution in [-0.2, 0) is 0 Å². The standard InChI is InChI=1S/C18H15ClN2O/c1-2-21(18(22)15-8-10-17(19)20-12-15)16-9-7-13-5-3-4-6-14(13)11-16/h3-12H,2H2,1H3. The van der Waals surface area contributed by atoms with E-state index in [2.05, 4.69) is 11.1 Å². The molecule has 0 saturated heterocycles. The van der Waals surface area contributed by atoms with Crippen LogP contribution in [0.4, 0.5) is 5.69 Å². The number of hydrogen-bond donors (Lipinski definition) is 0. The van der Waals surface area contributed by atoms with E-state index in [9.17, 15) is 4.79 Å². The Bertz CT molecular complexity index is 815. The molecule has 0 radical (unpaired) electrons. The molecule has 3 aromatic rings. The molecule has 0 fully saturated rings. The van der Waals surface area contributed by atoms with Crippen LogP contribution in [0.3, 0.4) is 0 Å². The van der Waals surface area contributed by atoms with Gasteiger partial charge in [0.15, 0.2) is 0 Å². The van der Waals surface area contributed by atoms with Crippen molar-refractivity contribution in [3.8, 4) is 0 Å². The molecule has 0 aliphatic carbocycles. The van der Waals surface area contributed by atoms with Gasteiger partial charge in [-0.1, -0.05) is 41.9 Å². The molecule has 2 aromatic carbocycles. The van der Waals surface area contributed by atoms with E-state index in [4.69, 9.17) is 11.6 Å². The highest BCUT2D eigenvalue weighted by molar-refractivity contribution is 6.29. The molecule has 22 heavy (non-hydrogen) atoms. The van der Waals surface area contributed by atoms with E-state index in [1.165, 1.54) is 6.20 Å². The van der Waals surface area contributed by atoms with Crippen LogP contribution >= 0.6 is 11.6 Å². The first kappa shape index (κ1) is 14.5. The molecular formula is C18H15ClN2O. The average Bonchev–Trinajstić information content (AvgIpc) is 2.56. The molecule has 0 N–H and O–H groups in total. The molecule has 0 atom stereocenters. The molecule has 4 heteroatoms. The average molecular weight is 311 g/mol. The van der Waals surface area contributed by atoms with Gasteiger partial charge in [0.1, 0.15) is 5.15 Å². The molecule has 0 saturated carbocycles. The number of carbonyl (C=O) groups excluding carboxylic acids is 1. The number of hydrogen-bond acceptors (Lipinski definition) is 2. The van der Waals surface area contributed by atoms with E-state index >= 15 is 0 Å². The number of carbonyl (C=O) groups is 1. The summed E-state index contributed by atoms with van der Waals surface area (Å²) in [7, 11) is 0. The van der Waals surface area contributed by atoms with Gasteiger partial charge in [-0.25, -0.2) is 4.98 Å².